The van der Waals surface area contributed by atoms with Crippen molar-refractivity contribution in [3.05, 3.63) is 59.9 Å². The molecule has 1 N–H and O–H groups in total. The van der Waals surface area contributed by atoms with Gasteiger partial charge in [0.05, 0.1) is 24.6 Å². The molecule has 0 aliphatic carbocycles. The Morgan fingerprint density at radius 2 is 2.13 bits per heavy atom. The first-order valence-electron chi connectivity index (χ1n) is 7.81. The van der Waals surface area contributed by atoms with Gasteiger partial charge in [-0.1, -0.05) is 30.3 Å². The number of benzene rings is 1. The van der Waals surface area contributed by atoms with Crippen LogP contribution < -0.4 is 5.32 Å². The predicted octanol–water partition coefficient (Wildman–Crippen LogP) is 2.27. The van der Waals surface area contributed by atoms with Crippen molar-refractivity contribution in [1.82, 2.24) is 9.88 Å². The van der Waals surface area contributed by atoms with Crippen molar-refractivity contribution in [3.63, 3.8) is 0 Å². The summed E-state index contributed by atoms with van der Waals surface area (Å²) < 4.78 is 5.84. The lowest BCUT2D eigenvalue weighted by Crippen LogP contribution is -2.44. The van der Waals surface area contributed by atoms with Crippen LogP contribution in [-0.4, -0.2) is 42.2 Å². The number of nitrogens with zero attached hydrogens (tertiary/aromatic N) is 3. The zero-order valence-electron chi connectivity index (χ0n) is 13.0. The summed E-state index contributed by atoms with van der Waals surface area (Å²) >= 11 is 0. The second kappa shape index (κ2) is 7.73. The van der Waals surface area contributed by atoms with E-state index < -0.39 is 0 Å². The van der Waals surface area contributed by atoms with Gasteiger partial charge in [-0.15, -0.1) is 0 Å². The van der Waals surface area contributed by atoms with Crippen LogP contribution in [0.4, 0.5) is 5.69 Å². The van der Waals surface area contributed by atoms with Gasteiger partial charge in [-0.25, -0.2) is 4.98 Å². The van der Waals surface area contributed by atoms with E-state index in [-0.39, 0.29) is 6.10 Å². The Morgan fingerprint density at radius 3 is 2.87 bits per heavy atom. The Balaban J connectivity index is 1.49. The van der Waals surface area contributed by atoms with Crippen molar-refractivity contribution in [2.24, 2.45) is 0 Å². The van der Waals surface area contributed by atoms with Crippen LogP contribution in [0.1, 0.15) is 11.3 Å². The molecular weight excluding hydrogens is 288 g/mol. The fourth-order valence-corrected chi connectivity index (χ4v) is 2.69. The minimum absolute atomic E-state index is 0.156. The van der Waals surface area contributed by atoms with Gasteiger partial charge in [0.15, 0.2) is 0 Å². The second-order valence-electron chi connectivity index (χ2n) is 5.64. The molecule has 1 atom stereocenters. The Morgan fingerprint density at radius 1 is 1.26 bits per heavy atom. The number of anilines is 1. The first kappa shape index (κ1) is 15.5. The number of rotatable bonds is 5. The van der Waals surface area contributed by atoms with Crippen molar-refractivity contribution < 1.29 is 4.74 Å². The number of hydrogen-bond donors (Lipinski definition) is 1. The van der Waals surface area contributed by atoms with Crippen LogP contribution >= 0.6 is 0 Å². The average molecular weight is 308 g/mol. The second-order valence-corrected chi connectivity index (χ2v) is 5.64. The Hall–Kier alpha value is -2.42. The summed E-state index contributed by atoms with van der Waals surface area (Å²) in [5.74, 6) is 0. The fraction of sp³-hybridized carbons (Fsp3) is 0.333. The van der Waals surface area contributed by atoms with Gasteiger partial charge in [0.25, 0.3) is 0 Å². The van der Waals surface area contributed by atoms with Crippen molar-refractivity contribution in [2.75, 3.05) is 31.6 Å². The zero-order chi connectivity index (χ0) is 15.9. The van der Waals surface area contributed by atoms with Gasteiger partial charge >= 0.3 is 0 Å². The Kier molecular flexibility index (Phi) is 5.20. The van der Waals surface area contributed by atoms with Crippen LogP contribution in [0.25, 0.3) is 0 Å². The standard InChI is InChI=1S/C18H20N4O/c19-10-16-6-7-17(11-20-16)21-12-18-14-22(8-9-23-18)13-15-4-2-1-3-5-15/h1-7,11,18,21H,8-9,12-14H2. The third-order valence-corrected chi connectivity index (χ3v) is 3.88. The van der Waals surface area contributed by atoms with Crippen molar-refractivity contribution >= 4 is 5.69 Å². The quantitative estimate of drug-likeness (QED) is 0.918. The molecule has 0 spiro atoms. The van der Waals surface area contributed by atoms with Gasteiger partial charge in [0, 0.05) is 26.2 Å². The molecule has 1 aliphatic heterocycles. The summed E-state index contributed by atoms with van der Waals surface area (Å²) in [6.07, 6.45) is 1.84. The molecule has 5 heteroatoms. The third kappa shape index (κ3) is 4.52. The summed E-state index contributed by atoms with van der Waals surface area (Å²) in [4.78, 5) is 6.48. The third-order valence-electron chi connectivity index (χ3n) is 3.88. The minimum Gasteiger partial charge on any atom is -0.381 e. The van der Waals surface area contributed by atoms with Crippen LogP contribution in [0.2, 0.25) is 0 Å². The van der Waals surface area contributed by atoms with E-state index in [0.717, 1.165) is 38.5 Å². The number of pyridine rings is 1. The highest BCUT2D eigenvalue weighted by molar-refractivity contribution is 5.42. The van der Waals surface area contributed by atoms with Gasteiger partial charge in [-0.3, -0.25) is 4.90 Å². The summed E-state index contributed by atoms with van der Waals surface area (Å²) in [6.45, 7) is 4.32. The smallest absolute Gasteiger partial charge is 0.140 e. The molecule has 1 aromatic carbocycles. The highest BCUT2D eigenvalue weighted by atomic mass is 16.5. The monoisotopic (exact) mass is 308 g/mol. The highest BCUT2D eigenvalue weighted by Crippen LogP contribution is 2.12. The van der Waals surface area contributed by atoms with E-state index in [2.05, 4.69) is 39.5 Å². The summed E-state index contributed by atoms with van der Waals surface area (Å²) in [7, 11) is 0. The van der Waals surface area contributed by atoms with E-state index in [1.807, 2.05) is 18.2 Å². The molecule has 0 amide bonds. The average Bonchev–Trinajstić information content (AvgIpc) is 2.62. The van der Waals surface area contributed by atoms with E-state index in [1.54, 1.807) is 12.3 Å². The van der Waals surface area contributed by atoms with Gasteiger partial charge < -0.3 is 10.1 Å². The number of morpholine rings is 1. The van der Waals surface area contributed by atoms with E-state index in [0.29, 0.717) is 5.69 Å². The molecule has 3 rings (SSSR count). The Labute approximate surface area is 136 Å². The van der Waals surface area contributed by atoms with Gasteiger partial charge in [0.2, 0.25) is 0 Å². The molecule has 1 aliphatic rings. The lowest BCUT2D eigenvalue weighted by Gasteiger charge is -2.33. The van der Waals surface area contributed by atoms with Crippen LogP contribution in [0, 0.1) is 11.3 Å². The minimum atomic E-state index is 0.156. The maximum Gasteiger partial charge on any atom is 0.140 e. The number of hydrogen-bond acceptors (Lipinski definition) is 5. The molecule has 1 aromatic heterocycles. The van der Waals surface area contributed by atoms with E-state index >= 15 is 0 Å². The van der Waals surface area contributed by atoms with Crippen molar-refractivity contribution in [2.45, 2.75) is 12.6 Å². The van der Waals surface area contributed by atoms with E-state index in [9.17, 15) is 0 Å². The molecule has 1 unspecified atom stereocenters. The number of ether oxygens (including phenoxy) is 1. The Bertz CT molecular complexity index is 651. The van der Waals surface area contributed by atoms with E-state index in [4.69, 9.17) is 10.00 Å². The van der Waals surface area contributed by atoms with E-state index in [1.165, 1.54) is 5.56 Å². The highest BCUT2D eigenvalue weighted by Gasteiger charge is 2.20. The van der Waals surface area contributed by atoms with Gasteiger partial charge in [0.1, 0.15) is 11.8 Å². The van der Waals surface area contributed by atoms with Crippen molar-refractivity contribution in [1.29, 1.82) is 5.26 Å². The van der Waals surface area contributed by atoms with Crippen molar-refractivity contribution in [3.8, 4) is 6.07 Å². The molecule has 23 heavy (non-hydrogen) atoms. The molecule has 0 radical (unpaired) electrons. The molecule has 0 saturated carbocycles. The number of nitrogens with one attached hydrogen (secondary N) is 1. The molecule has 1 saturated heterocycles. The fourth-order valence-electron chi connectivity index (χ4n) is 2.69. The first-order valence-corrected chi connectivity index (χ1v) is 7.81. The molecule has 2 heterocycles. The molecule has 0 bridgehead atoms. The lowest BCUT2D eigenvalue weighted by atomic mass is 10.2. The molecule has 118 valence electrons. The number of nitriles is 1. The normalized spacial score (nSPS) is 18.3. The SMILES string of the molecule is N#Cc1ccc(NCC2CN(Cc3ccccc3)CCO2)cn1. The van der Waals surface area contributed by atoms with Crippen LogP contribution in [0.3, 0.4) is 0 Å². The molecular formula is C18H20N4O. The zero-order valence-corrected chi connectivity index (χ0v) is 13.0. The van der Waals surface area contributed by atoms with Crippen LogP contribution in [-0.2, 0) is 11.3 Å². The van der Waals surface area contributed by atoms with Gasteiger partial charge in [-0.2, -0.15) is 5.26 Å². The summed E-state index contributed by atoms with van der Waals surface area (Å²) in [5, 5.41) is 12.1. The van der Waals surface area contributed by atoms with Crippen LogP contribution in [0.5, 0.6) is 0 Å². The summed E-state index contributed by atoms with van der Waals surface area (Å²) in [6, 6.07) is 16.1. The molecule has 1 fully saturated rings. The maximum atomic E-state index is 8.75. The van der Waals surface area contributed by atoms with Gasteiger partial charge in [-0.05, 0) is 17.7 Å². The van der Waals surface area contributed by atoms with Crippen LogP contribution in [0.15, 0.2) is 48.7 Å². The molecule has 2 aromatic rings. The largest absolute Gasteiger partial charge is 0.381 e. The molecule has 5 nitrogen and oxygen atoms in total. The number of aromatic nitrogens is 1. The topological polar surface area (TPSA) is 61.2 Å². The summed E-state index contributed by atoms with van der Waals surface area (Å²) in [5.41, 5.74) is 2.67. The first-order chi connectivity index (χ1) is 11.3. The maximum absolute atomic E-state index is 8.75. The predicted molar refractivity (Wildman–Crippen MR) is 88.9 cm³/mol. The lowest BCUT2D eigenvalue weighted by molar-refractivity contribution is -0.0240.